The first-order valence-corrected chi connectivity index (χ1v) is 12.5. The van der Waals surface area contributed by atoms with Crippen molar-refractivity contribution in [2.24, 2.45) is 7.05 Å². The number of aryl methyl sites for hydroxylation is 2. The highest BCUT2D eigenvalue weighted by Crippen LogP contribution is 2.17. The molecular formula is C27H45BrN2O. The van der Waals surface area contributed by atoms with Crippen LogP contribution >= 0.6 is 0 Å². The Hall–Kier alpha value is -1.29. The minimum Gasteiger partial charge on any atom is -1.00 e. The van der Waals surface area contributed by atoms with E-state index in [0.717, 1.165) is 12.3 Å². The van der Waals surface area contributed by atoms with Gasteiger partial charge in [-0.25, -0.2) is 9.13 Å². The van der Waals surface area contributed by atoms with E-state index >= 15 is 0 Å². The zero-order chi connectivity index (χ0) is 21.3. The molecule has 4 heteroatoms. The Morgan fingerprint density at radius 3 is 2.03 bits per heavy atom. The van der Waals surface area contributed by atoms with Crippen molar-refractivity contribution in [3.05, 3.63) is 48.5 Å². The van der Waals surface area contributed by atoms with Gasteiger partial charge in [-0.2, -0.15) is 0 Å². The highest BCUT2D eigenvalue weighted by atomic mass is 79.9. The molecule has 0 aliphatic carbocycles. The molecule has 0 unspecified atom stereocenters. The second kappa shape index (κ2) is 18.3. The molecule has 0 N–H and O–H groups in total. The first-order valence-electron chi connectivity index (χ1n) is 12.5. The average Bonchev–Trinajstić information content (AvgIpc) is 3.17. The molecule has 3 nitrogen and oxygen atoms in total. The SMILES string of the molecule is CCCCCCCCCCCCCCCc1cccc(OCCn2cc[n+](C)c2)c1.[Br-]. The molecule has 2 aromatic rings. The molecule has 0 amide bonds. The number of unbranched alkanes of at least 4 members (excludes halogenated alkanes) is 12. The van der Waals surface area contributed by atoms with E-state index < -0.39 is 0 Å². The second-order valence-electron chi connectivity index (χ2n) is 8.81. The van der Waals surface area contributed by atoms with Crippen molar-refractivity contribution >= 4 is 0 Å². The standard InChI is InChI=1S/C27H45N2O.BrH/c1-3-4-5-6-7-8-9-10-11-12-13-14-15-17-26-18-16-19-27(24-26)30-23-22-29-21-20-28(2)25-29;/h16,18-21,24-25H,3-15,17,22-23H2,1-2H3;1H/q+1;/p-1. The minimum absolute atomic E-state index is 0. The summed E-state index contributed by atoms with van der Waals surface area (Å²) in [5, 5.41) is 0. The van der Waals surface area contributed by atoms with E-state index in [9.17, 15) is 0 Å². The van der Waals surface area contributed by atoms with Gasteiger partial charge >= 0.3 is 0 Å². The van der Waals surface area contributed by atoms with E-state index in [1.54, 1.807) is 0 Å². The summed E-state index contributed by atoms with van der Waals surface area (Å²) >= 11 is 0. The Morgan fingerprint density at radius 1 is 0.839 bits per heavy atom. The van der Waals surface area contributed by atoms with Crippen LogP contribution in [0, 0.1) is 0 Å². The van der Waals surface area contributed by atoms with Crippen molar-refractivity contribution in [3.8, 4) is 5.75 Å². The number of hydrogen-bond acceptors (Lipinski definition) is 1. The lowest BCUT2D eigenvalue weighted by Gasteiger charge is -2.07. The normalized spacial score (nSPS) is 10.8. The van der Waals surface area contributed by atoms with E-state index in [-0.39, 0.29) is 17.0 Å². The molecule has 0 radical (unpaired) electrons. The van der Waals surface area contributed by atoms with Crippen molar-refractivity contribution in [2.45, 2.75) is 103 Å². The lowest BCUT2D eigenvalue weighted by Crippen LogP contribution is -3.00. The molecule has 1 aromatic heterocycles. The average molecular weight is 494 g/mol. The molecule has 0 aliphatic rings. The molecule has 0 saturated carbocycles. The van der Waals surface area contributed by atoms with Gasteiger partial charge in [0.2, 0.25) is 6.33 Å². The van der Waals surface area contributed by atoms with Gasteiger partial charge < -0.3 is 21.7 Å². The third kappa shape index (κ3) is 13.7. The summed E-state index contributed by atoms with van der Waals surface area (Å²) < 4.78 is 10.2. The van der Waals surface area contributed by atoms with Crippen LogP contribution in [0.25, 0.3) is 0 Å². The molecule has 0 aliphatic heterocycles. The van der Waals surface area contributed by atoms with Crippen LogP contribution in [0.3, 0.4) is 0 Å². The van der Waals surface area contributed by atoms with E-state index in [4.69, 9.17) is 4.74 Å². The van der Waals surface area contributed by atoms with Crippen molar-refractivity contribution in [1.29, 1.82) is 0 Å². The third-order valence-corrected chi connectivity index (χ3v) is 5.91. The number of nitrogens with zero attached hydrogens (tertiary/aromatic N) is 2. The molecule has 31 heavy (non-hydrogen) atoms. The first kappa shape index (κ1) is 27.7. The lowest BCUT2D eigenvalue weighted by atomic mass is 10.0. The van der Waals surface area contributed by atoms with Crippen LogP contribution in [0.2, 0.25) is 0 Å². The van der Waals surface area contributed by atoms with Gasteiger partial charge in [0.05, 0.1) is 7.05 Å². The highest BCUT2D eigenvalue weighted by molar-refractivity contribution is 5.28. The summed E-state index contributed by atoms with van der Waals surface area (Å²) in [5.74, 6) is 0.999. The Bertz CT molecular complexity index is 671. The number of ether oxygens (including phenoxy) is 1. The summed E-state index contributed by atoms with van der Waals surface area (Å²) in [6.45, 7) is 3.87. The molecule has 0 atom stereocenters. The van der Waals surface area contributed by atoms with E-state index in [1.165, 1.54) is 95.5 Å². The summed E-state index contributed by atoms with van der Waals surface area (Å²) in [6, 6.07) is 8.65. The molecule has 176 valence electrons. The fourth-order valence-corrected chi connectivity index (χ4v) is 4.04. The molecule has 2 rings (SSSR count). The van der Waals surface area contributed by atoms with Crippen molar-refractivity contribution in [3.63, 3.8) is 0 Å². The van der Waals surface area contributed by atoms with Crippen LogP contribution in [0.4, 0.5) is 0 Å². The Morgan fingerprint density at radius 2 is 1.45 bits per heavy atom. The van der Waals surface area contributed by atoms with E-state index in [1.807, 2.05) is 7.05 Å². The first-order chi connectivity index (χ1) is 14.8. The van der Waals surface area contributed by atoms with Gasteiger partial charge in [-0.05, 0) is 30.5 Å². The molecule has 1 aromatic carbocycles. The summed E-state index contributed by atoms with van der Waals surface area (Å²) in [5.41, 5.74) is 1.41. The zero-order valence-electron chi connectivity index (χ0n) is 20.0. The Kier molecular flexibility index (Phi) is 16.4. The smallest absolute Gasteiger partial charge is 0.243 e. The zero-order valence-corrected chi connectivity index (χ0v) is 21.6. The van der Waals surface area contributed by atoms with Gasteiger partial charge in [-0.3, -0.25) is 0 Å². The number of rotatable bonds is 18. The maximum atomic E-state index is 5.95. The van der Waals surface area contributed by atoms with Gasteiger partial charge in [-0.1, -0.05) is 96.1 Å². The minimum atomic E-state index is 0. The molecule has 0 saturated heterocycles. The van der Waals surface area contributed by atoms with Crippen LogP contribution in [-0.2, 0) is 20.0 Å². The number of benzene rings is 1. The molecular weight excluding hydrogens is 448 g/mol. The maximum absolute atomic E-state index is 5.95. The topological polar surface area (TPSA) is 18.0 Å². The van der Waals surface area contributed by atoms with Gasteiger partial charge in [0, 0.05) is 0 Å². The van der Waals surface area contributed by atoms with Gasteiger partial charge in [0.25, 0.3) is 0 Å². The second-order valence-corrected chi connectivity index (χ2v) is 8.81. The Labute approximate surface area is 202 Å². The summed E-state index contributed by atoms with van der Waals surface area (Å²) in [7, 11) is 2.04. The molecule has 1 heterocycles. The maximum Gasteiger partial charge on any atom is 0.243 e. The van der Waals surface area contributed by atoms with Crippen molar-refractivity contribution in [1.82, 2.24) is 4.57 Å². The molecule has 0 spiro atoms. The number of hydrogen-bond donors (Lipinski definition) is 0. The monoisotopic (exact) mass is 492 g/mol. The van der Waals surface area contributed by atoms with E-state index in [2.05, 4.69) is 59.0 Å². The predicted octanol–water partition coefficient (Wildman–Crippen LogP) is 4.03. The molecule has 0 bridgehead atoms. The van der Waals surface area contributed by atoms with Gasteiger partial charge in [0.15, 0.2) is 0 Å². The van der Waals surface area contributed by atoms with Crippen LogP contribution in [-0.4, -0.2) is 11.2 Å². The number of aromatic nitrogens is 2. The highest BCUT2D eigenvalue weighted by Gasteiger charge is 2.02. The van der Waals surface area contributed by atoms with Crippen LogP contribution in [0.1, 0.15) is 96.0 Å². The number of halogens is 1. The van der Waals surface area contributed by atoms with Crippen molar-refractivity contribution in [2.75, 3.05) is 6.61 Å². The fourth-order valence-electron chi connectivity index (χ4n) is 4.04. The van der Waals surface area contributed by atoms with Gasteiger partial charge in [0.1, 0.15) is 31.3 Å². The third-order valence-electron chi connectivity index (χ3n) is 5.91. The lowest BCUT2D eigenvalue weighted by molar-refractivity contribution is -0.671. The molecule has 0 fully saturated rings. The number of imidazole rings is 1. The van der Waals surface area contributed by atoms with Crippen LogP contribution < -0.4 is 26.3 Å². The Balaban J connectivity index is 0.00000480. The van der Waals surface area contributed by atoms with Gasteiger partial charge in [-0.15, -0.1) is 0 Å². The quantitative estimate of drug-likeness (QED) is 0.227. The van der Waals surface area contributed by atoms with Crippen molar-refractivity contribution < 1.29 is 26.3 Å². The fraction of sp³-hybridized carbons (Fsp3) is 0.667. The largest absolute Gasteiger partial charge is 1.00 e. The summed E-state index contributed by atoms with van der Waals surface area (Å²) in [4.78, 5) is 0. The van der Waals surface area contributed by atoms with E-state index in [0.29, 0.717) is 6.61 Å². The summed E-state index contributed by atoms with van der Waals surface area (Å²) in [6.07, 6.45) is 25.7. The van der Waals surface area contributed by atoms with Crippen LogP contribution in [0.15, 0.2) is 43.0 Å². The predicted molar refractivity (Wildman–Crippen MR) is 127 cm³/mol. The van der Waals surface area contributed by atoms with Crippen LogP contribution in [0.5, 0.6) is 5.75 Å².